The number of Topliss-reactive ketones (excluding diaryl/α,β-unsaturated/α-hetero) is 1. The van der Waals surface area contributed by atoms with Crippen molar-refractivity contribution >= 4 is 18.0 Å². The highest BCUT2D eigenvalue weighted by molar-refractivity contribution is 6.34. The molecule has 0 aliphatic carbocycles. The lowest BCUT2D eigenvalue weighted by Gasteiger charge is -1.77. The van der Waals surface area contributed by atoms with Crippen molar-refractivity contribution < 1.29 is 14.4 Å². The molecule has 42 valence electrons. The predicted molar refractivity (Wildman–Crippen MR) is 26.0 cm³/mol. The molecular formula is C5H4O3. The second kappa shape index (κ2) is 2.88. The van der Waals surface area contributed by atoms with Gasteiger partial charge in [0.05, 0.1) is 5.57 Å². The Morgan fingerprint density at radius 3 is 2.25 bits per heavy atom. The van der Waals surface area contributed by atoms with Crippen LogP contribution < -0.4 is 0 Å². The van der Waals surface area contributed by atoms with Crippen LogP contribution in [0.4, 0.5) is 0 Å². The molecule has 0 spiro atoms. The highest BCUT2D eigenvalue weighted by Crippen LogP contribution is 1.81. The number of allylic oxidation sites excluding steroid dienone is 1. The second-order valence-electron chi connectivity index (χ2n) is 1.21. The van der Waals surface area contributed by atoms with Crippen molar-refractivity contribution in [2.24, 2.45) is 0 Å². The molecule has 0 bridgehead atoms. The van der Waals surface area contributed by atoms with Gasteiger partial charge in [-0.2, -0.15) is 0 Å². The molecular weight excluding hydrogens is 108 g/mol. The van der Waals surface area contributed by atoms with E-state index in [-0.39, 0.29) is 11.9 Å². The molecule has 0 saturated heterocycles. The zero-order valence-corrected chi connectivity index (χ0v) is 4.30. The van der Waals surface area contributed by atoms with E-state index in [9.17, 15) is 14.4 Å². The van der Waals surface area contributed by atoms with E-state index in [4.69, 9.17) is 0 Å². The van der Waals surface area contributed by atoms with Crippen LogP contribution in [0.2, 0.25) is 0 Å². The number of hydrogen-bond donors (Lipinski definition) is 0. The third-order valence-electron chi connectivity index (χ3n) is 0.630. The van der Waals surface area contributed by atoms with Crippen LogP contribution in [0.15, 0.2) is 5.57 Å². The highest BCUT2D eigenvalue weighted by Gasteiger charge is 1.99. The summed E-state index contributed by atoms with van der Waals surface area (Å²) in [7, 11) is 0. The summed E-state index contributed by atoms with van der Waals surface area (Å²) < 4.78 is 0. The van der Waals surface area contributed by atoms with Gasteiger partial charge in [0, 0.05) is 0 Å². The average Bonchev–Trinajstić information content (AvgIpc) is 1.84. The van der Waals surface area contributed by atoms with Crippen molar-refractivity contribution in [1.29, 1.82) is 0 Å². The van der Waals surface area contributed by atoms with Gasteiger partial charge in [-0.05, 0) is 6.92 Å². The van der Waals surface area contributed by atoms with Crippen LogP contribution in [0.25, 0.3) is 0 Å². The van der Waals surface area contributed by atoms with Gasteiger partial charge in [-0.3, -0.25) is 9.59 Å². The lowest BCUT2D eigenvalue weighted by molar-refractivity contribution is -0.127. The first-order valence-electron chi connectivity index (χ1n) is 1.93. The molecule has 3 heteroatoms. The topological polar surface area (TPSA) is 51.2 Å². The quantitative estimate of drug-likeness (QED) is 0.210. The molecule has 0 saturated carbocycles. The second-order valence-corrected chi connectivity index (χ2v) is 1.21. The van der Waals surface area contributed by atoms with Gasteiger partial charge in [0.2, 0.25) is 5.78 Å². The van der Waals surface area contributed by atoms with Gasteiger partial charge in [-0.25, -0.2) is 4.79 Å². The number of carbonyl (C=O) groups is 2. The normalized spacial score (nSPS) is 7.12. The van der Waals surface area contributed by atoms with Crippen LogP contribution in [0.3, 0.4) is 0 Å². The van der Waals surface area contributed by atoms with Crippen molar-refractivity contribution in [3.05, 3.63) is 5.57 Å². The Labute approximate surface area is 46.0 Å². The number of aldehydes is 1. The fraction of sp³-hybridized carbons (Fsp3) is 0.200. The van der Waals surface area contributed by atoms with Gasteiger partial charge in [0.15, 0.2) is 6.29 Å². The van der Waals surface area contributed by atoms with Gasteiger partial charge >= 0.3 is 0 Å². The number of ketones is 1. The van der Waals surface area contributed by atoms with E-state index in [0.717, 1.165) is 0 Å². The van der Waals surface area contributed by atoms with Crippen LogP contribution in [-0.2, 0) is 14.4 Å². The Bertz CT molecular complexity index is 163. The van der Waals surface area contributed by atoms with Crippen molar-refractivity contribution in [2.45, 2.75) is 6.92 Å². The SMILES string of the molecule is CC(=C=O)C(=O)C=O. The van der Waals surface area contributed by atoms with Gasteiger partial charge in [0.1, 0.15) is 5.94 Å². The van der Waals surface area contributed by atoms with E-state index >= 15 is 0 Å². The molecule has 8 heavy (non-hydrogen) atoms. The minimum atomic E-state index is -0.806. The Morgan fingerprint density at radius 2 is 2.12 bits per heavy atom. The molecule has 0 unspecified atom stereocenters. The molecule has 0 heterocycles. The zero-order valence-electron chi connectivity index (χ0n) is 4.30. The lowest BCUT2D eigenvalue weighted by Crippen LogP contribution is -1.99. The predicted octanol–water partition coefficient (Wildman–Crippen LogP) is -0.468. The van der Waals surface area contributed by atoms with Crippen molar-refractivity contribution in [3.8, 4) is 0 Å². The highest BCUT2D eigenvalue weighted by atomic mass is 16.2. The Kier molecular flexibility index (Phi) is 2.45. The van der Waals surface area contributed by atoms with Crippen molar-refractivity contribution in [3.63, 3.8) is 0 Å². The van der Waals surface area contributed by atoms with E-state index in [1.165, 1.54) is 12.9 Å². The molecule has 0 aromatic heterocycles. The van der Waals surface area contributed by atoms with Crippen LogP contribution in [0, 0.1) is 0 Å². The van der Waals surface area contributed by atoms with Crippen LogP contribution in [0.5, 0.6) is 0 Å². The molecule has 0 aliphatic heterocycles. The fourth-order valence-electron chi connectivity index (χ4n) is 0.139. The molecule has 0 atom stereocenters. The van der Waals surface area contributed by atoms with Crippen molar-refractivity contribution in [2.75, 3.05) is 0 Å². The maximum Gasteiger partial charge on any atom is 0.232 e. The first-order valence-corrected chi connectivity index (χ1v) is 1.93. The smallest absolute Gasteiger partial charge is 0.232 e. The summed E-state index contributed by atoms with van der Waals surface area (Å²) in [6, 6.07) is 0. The van der Waals surface area contributed by atoms with Gasteiger partial charge in [0.25, 0.3) is 0 Å². The Hall–Kier alpha value is -1.21. The fourth-order valence-corrected chi connectivity index (χ4v) is 0.139. The number of rotatable bonds is 2. The molecule has 0 fully saturated rings. The number of carbonyl (C=O) groups excluding carboxylic acids is 3. The monoisotopic (exact) mass is 112 g/mol. The van der Waals surface area contributed by atoms with E-state index in [1.807, 2.05) is 0 Å². The average molecular weight is 112 g/mol. The lowest BCUT2D eigenvalue weighted by atomic mass is 10.2. The zero-order chi connectivity index (χ0) is 6.57. The number of hydrogen-bond acceptors (Lipinski definition) is 3. The summed E-state index contributed by atoms with van der Waals surface area (Å²) in [5.74, 6) is 0.496. The summed E-state index contributed by atoms with van der Waals surface area (Å²) in [4.78, 5) is 29.2. The maximum atomic E-state index is 10.1. The van der Waals surface area contributed by atoms with Crippen LogP contribution in [0.1, 0.15) is 6.92 Å². The third kappa shape index (κ3) is 1.49. The molecule has 0 radical (unpaired) electrons. The van der Waals surface area contributed by atoms with E-state index in [1.54, 1.807) is 0 Å². The van der Waals surface area contributed by atoms with Gasteiger partial charge < -0.3 is 0 Å². The van der Waals surface area contributed by atoms with Crippen LogP contribution in [-0.4, -0.2) is 18.0 Å². The summed E-state index contributed by atoms with van der Waals surface area (Å²) in [6.45, 7) is 1.24. The summed E-state index contributed by atoms with van der Waals surface area (Å²) in [6.07, 6.45) is 0.0836. The minimum absolute atomic E-state index is 0.0836. The first kappa shape index (κ1) is 6.79. The standard InChI is InChI=1S/C5H4O3/c1-4(2-6)5(8)3-7/h3H,1H3. The minimum Gasteiger partial charge on any atom is -0.294 e. The molecule has 0 aromatic carbocycles. The first-order chi connectivity index (χ1) is 3.72. The molecule has 0 aliphatic rings. The molecule has 0 aromatic rings. The molecule has 0 N–H and O–H groups in total. The Morgan fingerprint density at radius 1 is 1.62 bits per heavy atom. The molecule has 0 amide bonds. The summed E-state index contributed by atoms with van der Waals surface area (Å²) in [5.41, 5.74) is -0.181. The molecule has 0 rings (SSSR count). The molecule has 3 nitrogen and oxygen atoms in total. The largest absolute Gasteiger partial charge is 0.294 e. The van der Waals surface area contributed by atoms with E-state index in [0.29, 0.717) is 0 Å². The third-order valence-corrected chi connectivity index (χ3v) is 0.630. The summed E-state index contributed by atoms with van der Waals surface area (Å²) in [5, 5.41) is 0. The summed E-state index contributed by atoms with van der Waals surface area (Å²) >= 11 is 0. The van der Waals surface area contributed by atoms with Gasteiger partial charge in [-0.1, -0.05) is 0 Å². The van der Waals surface area contributed by atoms with Crippen molar-refractivity contribution in [1.82, 2.24) is 0 Å². The Balaban J connectivity index is 4.25. The van der Waals surface area contributed by atoms with E-state index in [2.05, 4.69) is 0 Å². The van der Waals surface area contributed by atoms with Crippen LogP contribution >= 0.6 is 0 Å². The van der Waals surface area contributed by atoms with Gasteiger partial charge in [-0.15, -0.1) is 0 Å². The van der Waals surface area contributed by atoms with E-state index < -0.39 is 5.78 Å². The maximum absolute atomic E-state index is 10.1.